The molecule has 0 aromatic carbocycles. The standard InChI is InChI=1S/C13H12N2S/c1-2-8-15-11-6-3-5-10(11)13(14-15)12-7-4-9-16-12/h1,4,7,9H,3,5-6,8H2. The second-order valence-corrected chi connectivity index (χ2v) is 4.91. The zero-order valence-corrected chi connectivity index (χ0v) is 9.76. The van der Waals surface area contributed by atoms with Crippen molar-refractivity contribution >= 4 is 11.3 Å². The Labute approximate surface area is 98.9 Å². The van der Waals surface area contributed by atoms with Gasteiger partial charge in [0, 0.05) is 11.3 Å². The van der Waals surface area contributed by atoms with Crippen LogP contribution in [0.25, 0.3) is 10.6 Å². The van der Waals surface area contributed by atoms with Crippen LogP contribution in [0.15, 0.2) is 17.5 Å². The van der Waals surface area contributed by atoms with Gasteiger partial charge in [-0.15, -0.1) is 17.8 Å². The molecule has 0 N–H and O–H groups in total. The molecule has 0 unspecified atom stereocenters. The SMILES string of the molecule is C#CCn1nc(-c2cccs2)c2c1CCC2. The molecular formula is C13H12N2S. The Hall–Kier alpha value is -1.53. The fourth-order valence-corrected chi connectivity index (χ4v) is 3.07. The highest BCUT2D eigenvalue weighted by atomic mass is 32.1. The van der Waals surface area contributed by atoms with Gasteiger partial charge >= 0.3 is 0 Å². The fraction of sp³-hybridized carbons (Fsp3) is 0.308. The van der Waals surface area contributed by atoms with Gasteiger partial charge in [-0.3, -0.25) is 4.68 Å². The van der Waals surface area contributed by atoms with Crippen molar-refractivity contribution in [3.05, 3.63) is 28.8 Å². The van der Waals surface area contributed by atoms with Gasteiger partial charge in [-0.25, -0.2) is 0 Å². The highest BCUT2D eigenvalue weighted by molar-refractivity contribution is 7.13. The Bertz CT molecular complexity index is 543. The Balaban J connectivity index is 2.13. The van der Waals surface area contributed by atoms with Gasteiger partial charge in [0.2, 0.25) is 0 Å². The molecule has 2 aromatic rings. The third-order valence-electron chi connectivity index (χ3n) is 3.00. The summed E-state index contributed by atoms with van der Waals surface area (Å²) in [6.45, 7) is 0.591. The van der Waals surface area contributed by atoms with Crippen LogP contribution in [0.4, 0.5) is 0 Å². The molecule has 0 atom stereocenters. The van der Waals surface area contributed by atoms with Crippen molar-refractivity contribution in [2.45, 2.75) is 25.8 Å². The summed E-state index contributed by atoms with van der Waals surface area (Å²) in [6, 6.07) is 4.20. The second-order valence-electron chi connectivity index (χ2n) is 3.97. The van der Waals surface area contributed by atoms with Crippen molar-refractivity contribution in [1.29, 1.82) is 0 Å². The normalized spacial score (nSPS) is 13.7. The Morgan fingerprint density at radius 2 is 2.44 bits per heavy atom. The molecule has 2 nitrogen and oxygen atoms in total. The predicted octanol–water partition coefficient (Wildman–Crippen LogP) is 2.73. The number of thiophene rings is 1. The van der Waals surface area contributed by atoms with Gasteiger partial charge in [0.25, 0.3) is 0 Å². The summed E-state index contributed by atoms with van der Waals surface area (Å²) in [5.41, 5.74) is 3.91. The lowest BCUT2D eigenvalue weighted by atomic mass is 10.2. The molecule has 2 aromatic heterocycles. The number of hydrogen-bond acceptors (Lipinski definition) is 2. The van der Waals surface area contributed by atoms with E-state index < -0.39 is 0 Å². The summed E-state index contributed by atoms with van der Waals surface area (Å²) in [4.78, 5) is 1.26. The number of fused-ring (bicyclic) bond motifs is 1. The van der Waals surface area contributed by atoms with Crippen LogP contribution < -0.4 is 0 Å². The smallest absolute Gasteiger partial charge is 0.106 e. The van der Waals surface area contributed by atoms with Crippen molar-refractivity contribution in [3.8, 4) is 22.9 Å². The third-order valence-corrected chi connectivity index (χ3v) is 3.88. The van der Waals surface area contributed by atoms with E-state index in [1.165, 1.54) is 22.6 Å². The van der Waals surface area contributed by atoms with Gasteiger partial charge in [0.15, 0.2) is 0 Å². The quantitative estimate of drug-likeness (QED) is 0.723. The van der Waals surface area contributed by atoms with E-state index in [4.69, 9.17) is 6.42 Å². The summed E-state index contributed by atoms with van der Waals surface area (Å²) in [6.07, 6.45) is 8.87. The molecule has 0 bridgehead atoms. The minimum absolute atomic E-state index is 0.591. The summed E-state index contributed by atoms with van der Waals surface area (Å²) < 4.78 is 2.00. The molecule has 1 aliphatic carbocycles. The van der Waals surface area contributed by atoms with Gasteiger partial charge in [-0.05, 0) is 30.7 Å². The number of nitrogens with zero attached hydrogens (tertiary/aromatic N) is 2. The molecule has 0 radical (unpaired) electrons. The van der Waals surface area contributed by atoms with Crippen LogP contribution in [0.1, 0.15) is 17.7 Å². The Morgan fingerprint density at radius 3 is 3.19 bits per heavy atom. The minimum atomic E-state index is 0.591. The highest BCUT2D eigenvalue weighted by Gasteiger charge is 2.23. The first-order valence-electron chi connectivity index (χ1n) is 5.46. The molecule has 0 spiro atoms. The molecule has 80 valence electrons. The molecule has 0 saturated carbocycles. The topological polar surface area (TPSA) is 17.8 Å². The van der Waals surface area contributed by atoms with E-state index in [0.29, 0.717) is 6.54 Å². The van der Waals surface area contributed by atoms with Crippen molar-refractivity contribution in [2.24, 2.45) is 0 Å². The number of aromatic nitrogens is 2. The molecular weight excluding hydrogens is 216 g/mol. The zero-order valence-electron chi connectivity index (χ0n) is 8.94. The van der Waals surface area contributed by atoms with Crippen LogP contribution in [0.5, 0.6) is 0 Å². The van der Waals surface area contributed by atoms with Crippen LogP contribution in [0.3, 0.4) is 0 Å². The van der Waals surface area contributed by atoms with Crippen LogP contribution in [-0.4, -0.2) is 9.78 Å². The summed E-state index contributed by atoms with van der Waals surface area (Å²) in [5.74, 6) is 2.68. The highest BCUT2D eigenvalue weighted by Crippen LogP contribution is 2.34. The maximum absolute atomic E-state index is 5.37. The number of terminal acetylenes is 1. The minimum Gasteiger partial charge on any atom is -0.257 e. The van der Waals surface area contributed by atoms with E-state index in [1.807, 2.05) is 4.68 Å². The first-order valence-corrected chi connectivity index (χ1v) is 6.34. The average molecular weight is 228 g/mol. The first-order chi connectivity index (χ1) is 7.90. The second kappa shape index (κ2) is 3.80. The molecule has 3 rings (SSSR count). The lowest BCUT2D eigenvalue weighted by Crippen LogP contribution is -2.02. The van der Waals surface area contributed by atoms with Crippen molar-refractivity contribution in [1.82, 2.24) is 9.78 Å². The number of rotatable bonds is 2. The molecule has 0 fully saturated rings. The lowest BCUT2D eigenvalue weighted by Gasteiger charge is -1.98. The van der Waals surface area contributed by atoms with Crippen LogP contribution >= 0.6 is 11.3 Å². The maximum atomic E-state index is 5.37. The van der Waals surface area contributed by atoms with Crippen LogP contribution in [-0.2, 0) is 19.4 Å². The monoisotopic (exact) mass is 228 g/mol. The molecule has 0 amide bonds. The summed E-state index contributed by atoms with van der Waals surface area (Å²) >= 11 is 1.75. The van der Waals surface area contributed by atoms with Gasteiger partial charge < -0.3 is 0 Å². The van der Waals surface area contributed by atoms with Crippen LogP contribution in [0.2, 0.25) is 0 Å². The average Bonchev–Trinajstić information content (AvgIpc) is 2.94. The molecule has 0 aliphatic heterocycles. The summed E-state index contributed by atoms with van der Waals surface area (Å²) in [7, 11) is 0. The first kappa shape index (κ1) is 9.68. The largest absolute Gasteiger partial charge is 0.257 e. The zero-order chi connectivity index (χ0) is 11.0. The van der Waals surface area contributed by atoms with Crippen molar-refractivity contribution < 1.29 is 0 Å². The van der Waals surface area contributed by atoms with Gasteiger partial charge in [-0.1, -0.05) is 12.0 Å². The van der Waals surface area contributed by atoms with E-state index in [2.05, 4.69) is 28.5 Å². The van der Waals surface area contributed by atoms with E-state index in [0.717, 1.165) is 18.5 Å². The third kappa shape index (κ3) is 1.38. The number of hydrogen-bond donors (Lipinski definition) is 0. The van der Waals surface area contributed by atoms with E-state index in [9.17, 15) is 0 Å². The van der Waals surface area contributed by atoms with Crippen molar-refractivity contribution in [2.75, 3.05) is 0 Å². The van der Waals surface area contributed by atoms with Gasteiger partial charge in [-0.2, -0.15) is 5.10 Å². The lowest BCUT2D eigenvalue weighted by molar-refractivity contribution is 0.669. The Kier molecular flexibility index (Phi) is 2.30. The molecule has 2 heterocycles. The fourth-order valence-electron chi connectivity index (χ4n) is 2.34. The predicted molar refractivity (Wildman–Crippen MR) is 66.4 cm³/mol. The summed E-state index contributed by atoms with van der Waals surface area (Å²) in [5, 5.41) is 6.74. The Morgan fingerprint density at radius 1 is 1.50 bits per heavy atom. The maximum Gasteiger partial charge on any atom is 0.106 e. The molecule has 1 aliphatic rings. The van der Waals surface area contributed by atoms with Crippen molar-refractivity contribution in [3.63, 3.8) is 0 Å². The van der Waals surface area contributed by atoms with E-state index >= 15 is 0 Å². The molecule has 3 heteroatoms. The molecule has 16 heavy (non-hydrogen) atoms. The van der Waals surface area contributed by atoms with E-state index in [-0.39, 0.29) is 0 Å². The molecule has 0 saturated heterocycles. The van der Waals surface area contributed by atoms with Gasteiger partial charge in [0.05, 0.1) is 4.88 Å². The van der Waals surface area contributed by atoms with Gasteiger partial charge in [0.1, 0.15) is 12.2 Å². The van der Waals surface area contributed by atoms with Crippen LogP contribution in [0, 0.1) is 12.3 Å². The van der Waals surface area contributed by atoms with E-state index in [1.54, 1.807) is 11.3 Å².